The molecule has 0 fully saturated rings. The van der Waals surface area contributed by atoms with Crippen LogP contribution in [0.3, 0.4) is 0 Å². The van der Waals surface area contributed by atoms with Gasteiger partial charge >= 0.3 is 0 Å². The number of aromatic hydroxyl groups is 1. The monoisotopic (exact) mass is 248 g/mol. The van der Waals surface area contributed by atoms with Crippen LogP contribution in [0.1, 0.15) is 16.7 Å². The van der Waals surface area contributed by atoms with E-state index in [1.165, 1.54) is 11.1 Å². The summed E-state index contributed by atoms with van der Waals surface area (Å²) in [4.78, 5) is 0. The van der Waals surface area contributed by atoms with Crippen LogP contribution in [0, 0.1) is 13.8 Å². The van der Waals surface area contributed by atoms with Gasteiger partial charge in [-0.1, -0.05) is 42.5 Å². The number of hydrogen-bond acceptors (Lipinski definition) is 1. The maximum Gasteiger partial charge on any atom is 0.119 e. The highest BCUT2D eigenvalue weighted by atomic mass is 35.5. The molecule has 0 unspecified atom stereocenters. The predicted octanol–water partition coefficient (Wildman–Crippen LogP) is 4.43. The second-order valence-electron chi connectivity index (χ2n) is 3.85. The van der Waals surface area contributed by atoms with E-state index in [4.69, 9.17) is 16.7 Å². The van der Waals surface area contributed by atoms with E-state index in [-0.39, 0.29) is 5.75 Å². The Morgan fingerprint density at radius 1 is 0.882 bits per heavy atom. The van der Waals surface area contributed by atoms with Crippen molar-refractivity contribution in [3.8, 4) is 5.75 Å². The van der Waals surface area contributed by atoms with Crippen molar-refractivity contribution in [2.24, 2.45) is 0 Å². The van der Waals surface area contributed by atoms with Gasteiger partial charge in [0.25, 0.3) is 0 Å². The Bertz CT molecular complexity index is 445. The Hall–Kier alpha value is -1.47. The number of aryl methyl sites for hydroxylation is 2. The van der Waals surface area contributed by atoms with Crippen molar-refractivity contribution in [3.05, 3.63) is 65.2 Å². The van der Waals surface area contributed by atoms with Gasteiger partial charge in [0.2, 0.25) is 0 Å². The summed E-state index contributed by atoms with van der Waals surface area (Å²) < 4.78 is 0. The topological polar surface area (TPSA) is 20.2 Å². The average Bonchev–Trinajstić information content (AvgIpc) is 2.34. The van der Waals surface area contributed by atoms with Crippen molar-refractivity contribution in [3.63, 3.8) is 0 Å². The molecule has 0 heterocycles. The van der Waals surface area contributed by atoms with Gasteiger partial charge in [-0.15, -0.1) is 11.6 Å². The van der Waals surface area contributed by atoms with Crippen molar-refractivity contribution in [1.29, 1.82) is 0 Å². The Morgan fingerprint density at radius 3 is 1.71 bits per heavy atom. The number of hydrogen-bond donors (Lipinski definition) is 1. The molecule has 1 N–H and O–H groups in total. The first-order valence-electron chi connectivity index (χ1n) is 5.50. The summed E-state index contributed by atoms with van der Waals surface area (Å²) in [7, 11) is 0. The summed E-state index contributed by atoms with van der Waals surface area (Å²) in [6.45, 7) is 4.24. The summed E-state index contributed by atoms with van der Waals surface area (Å²) in [5.74, 6) is 0.639. The lowest BCUT2D eigenvalue weighted by Crippen LogP contribution is -1.75. The van der Waals surface area contributed by atoms with E-state index in [0.717, 1.165) is 5.56 Å². The van der Waals surface area contributed by atoms with Gasteiger partial charge in [0, 0.05) is 5.56 Å². The van der Waals surface area contributed by atoms with Crippen LogP contribution in [0.4, 0.5) is 0 Å². The molecule has 0 bridgehead atoms. The largest absolute Gasteiger partial charge is 0.508 e. The Balaban J connectivity index is 0.000000171. The fraction of sp³-hybridized carbons (Fsp3) is 0.200. The SMILES string of the molecule is Cc1ccccc1C.Oc1ccccc1CCl. The van der Waals surface area contributed by atoms with Crippen LogP contribution in [0.15, 0.2) is 48.5 Å². The summed E-state index contributed by atoms with van der Waals surface area (Å²) >= 11 is 5.47. The van der Waals surface area contributed by atoms with Gasteiger partial charge in [0.15, 0.2) is 0 Å². The molecule has 90 valence electrons. The first-order valence-corrected chi connectivity index (χ1v) is 6.03. The summed E-state index contributed by atoms with van der Waals surface area (Å²) in [6, 6.07) is 15.4. The van der Waals surface area contributed by atoms with Crippen molar-refractivity contribution < 1.29 is 5.11 Å². The number of halogens is 1. The van der Waals surface area contributed by atoms with Crippen LogP contribution < -0.4 is 0 Å². The van der Waals surface area contributed by atoms with Gasteiger partial charge < -0.3 is 5.11 Å². The van der Waals surface area contributed by atoms with Crippen LogP contribution in [-0.4, -0.2) is 5.11 Å². The van der Waals surface area contributed by atoms with E-state index in [0.29, 0.717) is 5.88 Å². The van der Waals surface area contributed by atoms with Gasteiger partial charge in [-0.2, -0.15) is 0 Å². The molecular weight excluding hydrogens is 232 g/mol. The van der Waals surface area contributed by atoms with Crippen molar-refractivity contribution in [1.82, 2.24) is 0 Å². The molecule has 2 aromatic carbocycles. The van der Waals surface area contributed by atoms with E-state index < -0.39 is 0 Å². The highest BCUT2D eigenvalue weighted by molar-refractivity contribution is 6.17. The molecule has 1 nitrogen and oxygen atoms in total. The highest BCUT2D eigenvalue weighted by Gasteiger charge is 1.93. The minimum Gasteiger partial charge on any atom is -0.508 e. The fourth-order valence-electron chi connectivity index (χ4n) is 1.29. The molecule has 2 rings (SSSR count). The maximum atomic E-state index is 9.03. The smallest absolute Gasteiger partial charge is 0.119 e. The number of alkyl halides is 1. The third-order valence-electron chi connectivity index (χ3n) is 2.56. The van der Waals surface area contributed by atoms with E-state index in [9.17, 15) is 0 Å². The minimum absolute atomic E-state index is 0.271. The predicted molar refractivity (Wildman–Crippen MR) is 73.6 cm³/mol. The minimum atomic E-state index is 0.271. The van der Waals surface area contributed by atoms with Crippen LogP contribution >= 0.6 is 11.6 Å². The third-order valence-corrected chi connectivity index (χ3v) is 2.85. The first kappa shape index (κ1) is 13.6. The highest BCUT2D eigenvalue weighted by Crippen LogP contribution is 2.16. The van der Waals surface area contributed by atoms with Crippen molar-refractivity contribution >= 4 is 11.6 Å². The van der Waals surface area contributed by atoms with Gasteiger partial charge in [-0.3, -0.25) is 0 Å². The molecule has 0 aliphatic carbocycles. The molecule has 0 saturated heterocycles. The van der Waals surface area contributed by atoms with Crippen LogP contribution in [0.5, 0.6) is 5.75 Å². The zero-order valence-corrected chi connectivity index (χ0v) is 10.9. The van der Waals surface area contributed by atoms with Gasteiger partial charge in [0.1, 0.15) is 5.75 Å². The lowest BCUT2D eigenvalue weighted by atomic mass is 10.1. The number of rotatable bonds is 1. The summed E-state index contributed by atoms with van der Waals surface area (Å²) in [5.41, 5.74) is 3.51. The van der Waals surface area contributed by atoms with Crippen LogP contribution in [0.2, 0.25) is 0 Å². The zero-order valence-electron chi connectivity index (χ0n) is 10.2. The van der Waals surface area contributed by atoms with Gasteiger partial charge in [-0.25, -0.2) is 0 Å². The quantitative estimate of drug-likeness (QED) is 0.740. The van der Waals surface area contributed by atoms with E-state index >= 15 is 0 Å². The Morgan fingerprint density at radius 2 is 1.35 bits per heavy atom. The molecule has 0 radical (unpaired) electrons. The van der Waals surface area contributed by atoms with Crippen LogP contribution in [0.25, 0.3) is 0 Å². The first-order chi connectivity index (χ1) is 8.15. The van der Waals surface area contributed by atoms with Crippen molar-refractivity contribution in [2.45, 2.75) is 19.7 Å². The van der Waals surface area contributed by atoms with E-state index in [1.807, 2.05) is 6.07 Å². The maximum absolute atomic E-state index is 9.03. The third kappa shape index (κ3) is 4.49. The molecule has 0 aromatic heterocycles. The number of para-hydroxylation sites is 1. The van der Waals surface area contributed by atoms with Gasteiger partial charge in [0.05, 0.1) is 5.88 Å². The van der Waals surface area contributed by atoms with E-state index in [2.05, 4.69) is 38.1 Å². The standard InChI is InChI=1S/C8H10.C7H7ClO/c1-7-5-3-4-6-8(7)2;8-5-6-3-1-2-4-7(6)9/h3-6H,1-2H3;1-4,9H,5H2. The molecule has 0 spiro atoms. The second-order valence-corrected chi connectivity index (χ2v) is 4.11. The summed E-state index contributed by atoms with van der Waals surface area (Å²) in [5, 5.41) is 9.03. The molecule has 2 aromatic rings. The number of phenols is 1. The Labute approximate surface area is 108 Å². The Kier molecular flexibility index (Phi) is 5.58. The molecule has 17 heavy (non-hydrogen) atoms. The molecule has 0 amide bonds. The lowest BCUT2D eigenvalue weighted by molar-refractivity contribution is 0.470. The molecule has 0 aliphatic heterocycles. The van der Waals surface area contributed by atoms with Crippen LogP contribution in [-0.2, 0) is 5.88 Å². The number of phenolic OH excluding ortho intramolecular Hbond substituents is 1. The lowest BCUT2D eigenvalue weighted by Gasteiger charge is -1.95. The number of benzene rings is 2. The molecular formula is C15H17ClO. The normalized spacial score (nSPS) is 9.35. The molecule has 0 saturated carbocycles. The zero-order chi connectivity index (χ0) is 12.7. The fourth-order valence-corrected chi connectivity index (χ4v) is 1.51. The summed E-state index contributed by atoms with van der Waals surface area (Å²) in [6.07, 6.45) is 0. The molecule has 0 aliphatic rings. The average molecular weight is 249 g/mol. The second kappa shape index (κ2) is 6.97. The molecule has 0 atom stereocenters. The van der Waals surface area contributed by atoms with E-state index in [1.54, 1.807) is 18.2 Å². The molecule has 2 heteroatoms. The van der Waals surface area contributed by atoms with Crippen molar-refractivity contribution in [2.75, 3.05) is 0 Å². The van der Waals surface area contributed by atoms with Gasteiger partial charge in [-0.05, 0) is 31.0 Å².